The number of likely N-dealkylation sites (N-methyl/N-ethyl adjacent to an activating group) is 1. The minimum atomic E-state index is 0.346. The number of ether oxygens (including phenoxy) is 2. The molecule has 114 valence electrons. The van der Waals surface area contributed by atoms with Gasteiger partial charge in [0, 0.05) is 25.7 Å². The Bertz CT molecular complexity index is 508. The van der Waals surface area contributed by atoms with Crippen LogP contribution in [0.15, 0.2) is 18.2 Å². The molecule has 0 aromatic heterocycles. The fourth-order valence-corrected chi connectivity index (χ4v) is 4.23. The molecule has 1 aliphatic carbocycles. The van der Waals surface area contributed by atoms with Crippen molar-refractivity contribution in [2.75, 3.05) is 33.5 Å². The minimum absolute atomic E-state index is 0.346. The summed E-state index contributed by atoms with van der Waals surface area (Å²) in [6.45, 7) is 4.00. The van der Waals surface area contributed by atoms with Gasteiger partial charge in [0.1, 0.15) is 0 Å². The third-order valence-electron chi connectivity index (χ3n) is 5.39. The quantitative estimate of drug-likeness (QED) is 0.922. The summed E-state index contributed by atoms with van der Waals surface area (Å²) in [5.41, 5.74) is 1.29. The normalized spacial score (nSPS) is 28.8. The van der Waals surface area contributed by atoms with Gasteiger partial charge in [0.25, 0.3) is 0 Å². The Labute approximate surface area is 126 Å². The zero-order chi connectivity index (χ0) is 14.2. The Morgan fingerprint density at radius 3 is 2.71 bits per heavy atom. The third kappa shape index (κ3) is 2.51. The van der Waals surface area contributed by atoms with Gasteiger partial charge in [-0.25, -0.2) is 0 Å². The van der Waals surface area contributed by atoms with Crippen molar-refractivity contribution >= 4 is 0 Å². The van der Waals surface area contributed by atoms with E-state index in [2.05, 4.69) is 22.3 Å². The average Bonchev–Trinajstić information content (AvgIpc) is 3.18. The highest BCUT2D eigenvalue weighted by molar-refractivity contribution is 5.45. The van der Waals surface area contributed by atoms with Crippen molar-refractivity contribution in [3.63, 3.8) is 0 Å². The molecule has 21 heavy (non-hydrogen) atoms. The van der Waals surface area contributed by atoms with E-state index in [9.17, 15) is 0 Å². The van der Waals surface area contributed by atoms with E-state index < -0.39 is 0 Å². The van der Waals surface area contributed by atoms with Gasteiger partial charge in [-0.3, -0.25) is 0 Å². The van der Waals surface area contributed by atoms with Crippen LogP contribution in [-0.2, 0) is 0 Å². The van der Waals surface area contributed by atoms with Crippen molar-refractivity contribution in [1.82, 2.24) is 10.2 Å². The Hall–Kier alpha value is -1.26. The largest absolute Gasteiger partial charge is 0.454 e. The number of fused-ring (bicyclic) bond motifs is 2. The molecule has 1 saturated carbocycles. The highest BCUT2D eigenvalue weighted by Crippen LogP contribution is 2.39. The summed E-state index contributed by atoms with van der Waals surface area (Å²) in [4.78, 5) is 2.64. The first-order valence-corrected chi connectivity index (χ1v) is 8.12. The number of likely N-dealkylation sites (tertiary alicyclic amines) is 1. The summed E-state index contributed by atoms with van der Waals surface area (Å²) in [6.07, 6.45) is 4.33. The molecule has 1 aromatic rings. The zero-order valence-electron chi connectivity index (χ0n) is 12.7. The number of hydrogen-bond acceptors (Lipinski definition) is 4. The molecule has 0 radical (unpaired) electrons. The lowest BCUT2D eigenvalue weighted by atomic mass is 10.0. The maximum absolute atomic E-state index is 5.50. The standard InChI is InChI=1S/C17H24N2O2/c1-18-15(10-19-8-13-3-2-4-14(13)9-19)12-5-6-16-17(7-12)21-11-20-16/h5-7,13-15,18H,2-4,8-11H2,1H3. The zero-order valence-corrected chi connectivity index (χ0v) is 12.7. The van der Waals surface area contributed by atoms with Crippen LogP contribution in [0.4, 0.5) is 0 Å². The van der Waals surface area contributed by atoms with Crippen molar-refractivity contribution in [1.29, 1.82) is 0 Å². The van der Waals surface area contributed by atoms with Crippen molar-refractivity contribution in [3.05, 3.63) is 23.8 Å². The molecule has 0 spiro atoms. The molecule has 3 atom stereocenters. The highest BCUT2D eigenvalue weighted by atomic mass is 16.7. The van der Waals surface area contributed by atoms with Crippen molar-refractivity contribution in [2.45, 2.75) is 25.3 Å². The van der Waals surface area contributed by atoms with E-state index in [0.717, 1.165) is 29.9 Å². The Morgan fingerprint density at radius 2 is 1.95 bits per heavy atom. The molecule has 0 amide bonds. The van der Waals surface area contributed by atoms with Crippen LogP contribution in [-0.4, -0.2) is 38.4 Å². The van der Waals surface area contributed by atoms with Gasteiger partial charge in [-0.1, -0.05) is 12.5 Å². The van der Waals surface area contributed by atoms with Crippen LogP contribution in [0.3, 0.4) is 0 Å². The molecule has 4 heteroatoms. The monoisotopic (exact) mass is 288 g/mol. The first kappa shape index (κ1) is 13.4. The number of nitrogens with zero attached hydrogens (tertiary/aromatic N) is 1. The van der Waals surface area contributed by atoms with Crippen LogP contribution in [0.2, 0.25) is 0 Å². The molecule has 3 unspecified atom stereocenters. The van der Waals surface area contributed by atoms with E-state index in [0.29, 0.717) is 12.8 Å². The summed E-state index contributed by atoms with van der Waals surface area (Å²) in [6, 6.07) is 6.67. The Kier molecular flexibility index (Phi) is 3.51. The second kappa shape index (κ2) is 5.50. The van der Waals surface area contributed by atoms with Gasteiger partial charge in [0.15, 0.2) is 11.5 Å². The van der Waals surface area contributed by atoms with Gasteiger partial charge in [-0.15, -0.1) is 0 Å². The topological polar surface area (TPSA) is 33.7 Å². The average molecular weight is 288 g/mol. The number of rotatable bonds is 4. The number of hydrogen-bond donors (Lipinski definition) is 1. The lowest BCUT2D eigenvalue weighted by Crippen LogP contribution is -2.33. The molecule has 2 heterocycles. The summed E-state index contributed by atoms with van der Waals surface area (Å²) in [5, 5.41) is 3.46. The molecular weight excluding hydrogens is 264 g/mol. The van der Waals surface area contributed by atoms with E-state index >= 15 is 0 Å². The Morgan fingerprint density at radius 1 is 1.19 bits per heavy atom. The van der Waals surface area contributed by atoms with E-state index in [-0.39, 0.29) is 0 Å². The van der Waals surface area contributed by atoms with Gasteiger partial charge < -0.3 is 19.7 Å². The van der Waals surface area contributed by atoms with Gasteiger partial charge in [-0.2, -0.15) is 0 Å². The Balaban J connectivity index is 1.45. The molecule has 4 rings (SSSR count). The molecule has 4 nitrogen and oxygen atoms in total. The van der Waals surface area contributed by atoms with E-state index in [1.54, 1.807) is 0 Å². The maximum Gasteiger partial charge on any atom is 0.231 e. The van der Waals surface area contributed by atoms with E-state index in [1.165, 1.54) is 37.9 Å². The number of benzene rings is 1. The second-order valence-corrected chi connectivity index (χ2v) is 6.62. The summed E-state index contributed by atoms with van der Waals surface area (Å²) in [7, 11) is 2.05. The van der Waals surface area contributed by atoms with Gasteiger partial charge in [0.2, 0.25) is 6.79 Å². The second-order valence-electron chi connectivity index (χ2n) is 6.62. The summed E-state index contributed by atoms with van der Waals surface area (Å²) in [5.74, 6) is 3.66. The van der Waals surface area contributed by atoms with Gasteiger partial charge in [0.05, 0.1) is 0 Å². The lowest BCUT2D eigenvalue weighted by molar-refractivity contribution is 0.174. The predicted octanol–water partition coefficient (Wildman–Crippen LogP) is 2.41. The van der Waals surface area contributed by atoms with Crippen LogP contribution in [0, 0.1) is 11.8 Å². The van der Waals surface area contributed by atoms with Gasteiger partial charge in [-0.05, 0) is 49.4 Å². The van der Waals surface area contributed by atoms with Crippen LogP contribution < -0.4 is 14.8 Å². The number of nitrogens with one attached hydrogen (secondary N) is 1. The third-order valence-corrected chi connectivity index (χ3v) is 5.39. The molecule has 2 aliphatic heterocycles. The van der Waals surface area contributed by atoms with E-state index in [1.807, 2.05) is 13.1 Å². The molecular formula is C17H24N2O2. The van der Waals surface area contributed by atoms with E-state index in [4.69, 9.17) is 9.47 Å². The van der Waals surface area contributed by atoms with Gasteiger partial charge >= 0.3 is 0 Å². The molecule has 1 aromatic carbocycles. The van der Waals surface area contributed by atoms with Crippen molar-refractivity contribution in [2.24, 2.45) is 11.8 Å². The fourth-order valence-electron chi connectivity index (χ4n) is 4.23. The minimum Gasteiger partial charge on any atom is -0.454 e. The molecule has 3 aliphatic rings. The van der Waals surface area contributed by atoms with Crippen LogP contribution in [0.5, 0.6) is 11.5 Å². The van der Waals surface area contributed by atoms with Crippen LogP contribution in [0.25, 0.3) is 0 Å². The first-order valence-electron chi connectivity index (χ1n) is 8.12. The summed E-state index contributed by atoms with van der Waals surface area (Å²) >= 11 is 0. The first-order chi connectivity index (χ1) is 10.3. The van der Waals surface area contributed by atoms with Crippen LogP contribution >= 0.6 is 0 Å². The maximum atomic E-state index is 5.50. The fraction of sp³-hybridized carbons (Fsp3) is 0.647. The molecule has 1 N–H and O–H groups in total. The lowest BCUT2D eigenvalue weighted by Gasteiger charge is -2.24. The van der Waals surface area contributed by atoms with Crippen LogP contribution in [0.1, 0.15) is 30.9 Å². The molecule has 0 bridgehead atoms. The molecule has 1 saturated heterocycles. The smallest absolute Gasteiger partial charge is 0.231 e. The predicted molar refractivity (Wildman–Crippen MR) is 81.6 cm³/mol. The van der Waals surface area contributed by atoms with Crippen molar-refractivity contribution in [3.8, 4) is 11.5 Å². The van der Waals surface area contributed by atoms with Crippen molar-refractivity contribution < 1.29 is 9.47 Å². The summed E-state index contributed by atoms with van der Waals surface area (Å²) < 4.78 is 10.9. The molecule has 2 fully saturated rings. The highest BCUT2D eigenvalue weighted by Gasteiger charge is 2.36. The SMILES string of the molecule is CNC(CN1CC2CCCC2C1)c1ccc2c(c1)OCO2.